The van der Waals surface area contributed by atoms with Crippen molar-refractivity contribution in [3.05, 3.63) is 0 Å². The quantitative estimate of drug-likeness (QED) is 0.0222. The highest BCUT2D eigenvalue weighted by Gasteiger charge is 2.30. The minimum Gasteiger partial charge on any atom is -0.462 e. The summed E-state index contributed by atoms with van der Waals surface area (Å²) in [7, 11) is -9.92. The number of aliphatic hydroxyl groups excluding tert-OH is 1. The first-order chi connectivity index (χ1) is 48.9. The van der Waals surface area contributed by atoms with E-state index in [-0.39, 0.29) is 25.7 Å². The van der Waals surface area contributed by atoms with Crippen molar-refractivity contribution in [1.82, 2.24) is 0 Å². The number of ether oxygens (including phenoxy) is 4. The van der Waals surface area contributed by atoms with E-state index in [0.29, 0.717) is 25.7 Å². The van der Waals surface area contributed by atoms with E-state index in [1.54, 1.807) is 0 Å². The molecule has 0 aromatic carbocycles. The highest BCUT2D eigenvalue weighted by molar-refractivity contribution is 7.47. The summed E-state index contributed by atoms with van der Waals surface area (Å²) in [6, 6.07) is 0. The van der Waals surface area contributed by atoms with Crippen molar-refractivity contribution < 1.29 is 80.2 Å². The lowest BCUT2D eigenvalue weighted by atomic mass is 9.99. The van der Waals surface area contributed by atoms with E-state index in [4.69, 9.17) is 37.0 Å². The minimum absolute atomic E-state index is 0.107. The molecule has 0 saturated heterocycles. The van der Waals surface area contributed by atoms with Gasteiger partial charge in [-0.05, 0) is 37.5 Å². The predicted molar refractivity (Wildman–Crippen MR) is 414 cm³/mol. The maximum atomic E-state index is 13.1. The summed E-state index contributed by atoms with van der Waals surface area (Å²) in [6.07, 6.45) is 63.7. The summed E-state index contributed by atoms with van der Waals surface area (Å²) < 4.78 is 68.8. The lowest BCUT2D eigenvalue weighted by Gasteiger charge is -2.21. The molecule has 17 nitrogen and oxygen atoms in total. The first-order valence-electron chi connectivity index (χ1n) is 42.5. The van der Waals surface area contributed by atoms with Gasteiger partial charge in [-0.1, -0.05) is 382 Å². The van der Waals surface area contributed by atoms with Crippen molar-refractivity contribution in [3.8, 4) is 0 Å². The highest BCUT2D eigenvalue weighted by atomic mass is 31.2. The maximum absolute atomic E-state index is 13.1. The van der Waals surface area contributed by atoms with Gasteiger partial charge >= 0.3 is 39.5 Å². The average Bonchev–Trinajstić information content (AvgIpc) is 0.965. The average molecular weight is 1480 g/mol. The molecule has 0 amide bonds. The van der Waals surface area contributed by atoms with Gasteiger partial charge in [0.25, 0.3) is 0 Å². The van der Waals surface area contributed by atoms with E-state index in [2.05, 4.69) is 41.5 Å². The fourth-order valence-electron chi connectivity index (χ4n) is 12.7. The SMILES string of the molecule is CCCCCCCCCCCCCCCCCCCCCCC(=O)O[C@H](COC(=O)CCCCCCCCCCCCCCC(C)C)COP(=O)(O)OC[C@@H](O)COP(=O)(O)OC[C@@H](COC(=O)CCCCCCCCCCCCCC)OC(=O)CCCCCCCCCCCCC(C)CC. The summed E-state index contributed by atoms with van der Waals surface area (Å²) in [5.41, 5.74) is 0. The number of phosphoric acid groups is 2. The summed E-state index contributed by atoms with van der Waals surface area (Å²) in [5, 5.41) is 10.7. The van der Waals surface area contributed by atoms with Gasteiger partial charge in [0.15, 0.2) is 12.2 Å². The van der Waals surface area contributed by atoms with E-state index < -0.39 is 97.5 Å². The molecule has 0 aromatic heterocycles. The van der Waals surface area contributed by atoms with E-state index in [1.807, 2.05) is 0 Å². The number of esters is 4. The second-order valence-corrected chi connectivity index (χ2v) is 33.1. The Morgan fingerprint density at radius 3 is 0.752 bits per heavy atom. The molecule has 0 saturated carbocycles. The lowest BCUT2D eigenvalue weighted by Crippen LogP contribution is -2.30. The van der Waals surface area contributed by atoms with Crippen molar-refractivity contribution in [3.63, 3.8) is 0 Å². The van der Waals surface area contributed by atoms with Gasteiger partial charge in [-0.25, -0.2) is 9.13 Å². The molecular formula is C82H160O17P2. The van der Waals surface area contributed by atoms with Crippen molar-refractivity contribution in [1.29, 1.82) is 0 Å². The Kier molecular flexibility index (Phi) is 72.2. The van der Waals surface area contributed by atoms with Crippen molar-refractivity contribution in [2.45, 2.75) is 452 Å². The fraction of sp³-hybridized carbons (Fsp3) is 0.951. The van der Waals surface area contributed by atoms with Gasteiger partial charge < -0.3 is 33.8 Å². The third-order valence-electron chi connectivity index (χ3n) is 19.6. The van der Waals surface area contributed by atoms with Crippen LogP contribution in [0.5, 0.6) is 0 Å². The molecule has 0 rings (SSSR count). The molecule has 0 bridgehead atoms. The Morgan fingerprint density at radius 1 is 0.287 bits per heavy atom. The number of unbranched alkanes of at least 4 members (excludes halogenated alkanes) is 50. The highest BCUT2D eigenvalue weighted by Crippen LogP contribution is 2.45. The van der Waals surface area contributed by atoms with Crippen LogP contribution in [0.15, 0.2) is 0 Å². The molecule has 101 heavy (non-hydrogen) atoms. The number of carbonyl (C=O) groups is 4. The molecule has 0 aliphatic rings. The molecule has 0 radical (unpaired) electrons. The Bertz CT molecular complexity index is 1940. The molecule has 0 fully saturated rings. The van der Waals surface area contributed by atoms with Crippen molar-refractivity contribution in [2.75, 3.05) is 39.6 Å². The standard InChI is InChI=1S/C82H160O17P2/c1-7-10-12-14-16-18-20-22-23-24-25-26-27-28-29-35-42-48-54-60-66-81(86)98-77(70-93-80(85)65-59-53-47-41-34-31-30-32-38-44-50-56-62-74(4)5)72-96-100(88,89)94-68-76(83)69-95-101(90,91)97-73-78(71-92-79(84)64-58-52-46-40-33-21-19-17-15-13-11-8-2)99-82(87)67-61-55-49-43-37-36-39-45-51-57-63-75(6)9-3/h74-78,83H,7-73H2,1-6H3,(H,88,89)(H,90,91)/t75?,76-,77-,78-/m1/s1. The molecule has 6 atom stereocenters. The number of hydrogen-bond donors (Lipinski definition) is 3. The van der Waals surface area contributed by atoms with Crippen LogP contribution in [0, 0.1) is 11.8 Å². The predicted octanol–water partition coefficient (Wildman–Crippen LogP) is 24.7. The molecule has 3 unspecified atom stereocenters. The molecule has 600 valence electrons. The third kappa shape index (κ3) is 74.7. The van der Waals surface area contributed by atoms with Gasteiger partial charge in [-0.3, -0.25) is 37.3 Å². The lowest BCUT2D eigenvalue weighted by molar-refractivity contribution is -0.161. The van der Waals surface area contributed by atoms with Gasteiger partial charge in [-0.2, -0.15) is 0 Å². The number of hydrogen-bond acceptors (Lipinski definition) is 15. The molecular weight excluding hydrogens is 1320 g/mol. The van der Waals surface area contributed by atoms with Gasteiger partial charge in [0.1, 0.15) is 19.3 Å². The monoisotopic (exact) mass is 1480 g/mol. The van der Waals surface area contributed by atoms with E-state index in [1.165, 1.54) is 250 Å². The first-order valence-corrected chi connectivity index (χ1v) is 45.5. The number of carbonyl (C=O) groups excluding carboxylic acids is 4. The fourth-order valence-corrected chi connectivity index (χ4v) is 14.3. The van der Waals surface area contributed by atoms with Crippen LogP contribution in [0.3, 0.4) is 0 Å². The topological polar surface area (TPSA) is 237 Å². The van der Waals surface area contributed by atoms with Crippen LogP contribution in [0.25, 0.3) is 0 Å². The summed E-state index contributed by atoms with van der Waals surface area (Å²) >= 11 is 0. The molecule has 0 aliphatic heterocycles. The number of aliphatic hydroxyl groups is 1. The zero-order valence-corrected chi connectivity index (χ0v) is 68.0. The minimum atomic E-state index is -4.96. The summed E-state index contributed by atoms with van der Waals surface area (Å²) in [5.74, 6) is -0.521. The van der Waals surface area contributed by atoms with Gasteiger partial charge in [0.05, 0.1) is 26.4 Å². The summed E-state index contributed by atoms with van der Waals surface area (Å²) in [4.78, 5) is 73.1. The van der Waals surface area contributed by atoms with Crippen molar-refractivity contribution >= 4 is 39.5 Å². The van der Waals surface area contributed by atoms with Gasteiger partial charge in [0.2, 0.25) is 0 Å². The molecule has 0 spiro atoms. The normalized spacial score (nSPS) is 14.2. The van der Waals surface area contributed by atoms with E-state index >= 15 is 0 Å². The smallest absolute Gasteiger partial charge is 0.462 e. The Labute approximate surface area is 619 Å². The van der Waals surface area contributed by atoms with Crippen LogP contribution in [0.1, 0.15) is 433 Å². The second kappa shape index (κ2) is 73.6. The number of phosphoric ester groups is 2. The third-order valence-corrected chi connectivity index (χ3v) is 21.5. The molecule has 19 heteroatoms. The molecule has 3 N–H and O–H groups in total. The zero-order valence-electron chi connectivity index (χ0n) is 66.2. The van der Waals surface area contributed by atoms with Crippen LogP contribution in [-0.4, -0.2) is 96.7 Å². The van der Waals surface area contributed by atoms with E-state index in [0.717, 1.165) is 102 Å². The zero-order chi connectivity index (χ0) is 74.2. The molecule has 0 heterocycles. The van der Waals surface area contributed by atoms with Gasteiger partial charge in [-0.15, -0.1) is 0 Å². The Hall–Kier alpha value is -1.94. The Balaban J connectivity index is 5.25. The number of rotatable bonds is 81. The van der Waals surface area contributed by atoms with Crippen LogP contribution in [0.4, 0.5) is 0 Å². The largest absolute Gasteiger partial charge is 0.472 e. The molecule has 0 aliphatic carbocycles. The van der Waals surface area contributed by atoms with Crippen LogP contribution in [0.2, 0.25) is 0 Å². The first kappa shape index (κ1) is 99.1. The summed E-state index contributed by atoms with van der Waals surface area (Å²) in [6.45, 7) is 9.68. The van der Waals surface area contributed by atoms with E-state index in [9.17, 15) is 43.2 Å². The second-order valence-electron chi connectivity index (χ2n) is 30.2. The van der Waals surface area contributed by atoms with Crippen LogP contribution >= 0.6 is 15.6 Å². The van der Waals surface area contributed by atoms with Gasteiger partial charge in [0, 0.05) is 25.7 Å². The van der Waals surface area contributed by atoms with Crippen LogP contribution < -0.4 is 0 Å². The molecule has 0 aromatic rings. The van der Waals surface area contributed by atoms with Crippen molar-refractivity contribution in [2.24, 2.45) is 11.8 Å². The van der Waals surface area contributed by atoms with Crippen LogP contribution in [-0.2, 0) is 65.4 Å². The Morgan fingerprint density at radius 2 is 0.505 bits per heavy atom. The maximum Gasteiger partial charge on any atom is 0.472 e.